The molecule has 2 aliphatic rings. The van der Waals surface area contributed by atoms with Crippen LogP contribution in [0.3, 0.4) is 0 Å². The highest BCUT2D eigenvalue weighted by molar-refractivity contribution is 5.35. The number of rotatable bonds is 8. The number of hydrogen-bond acceptors (Lipinski definition) is 2. The van der Waals surface area contributed by atoms with Crippen LogP contribution in [0.15, 0.2) is 24.5 Å². The highest BCUT2D eigenvalue weighted by Crippen LogP contribution is 2.46. The third-order valence-corrected chi connectivity index (χ3v) is 7.17. The molecule has 0 amide bonds. The van der Waals surface area contributed by atoms with Gasteiger partial charge in [0.2, 0.25) is 0 Å². The summed E-state index contributed by atoms with van der Waals surface area (Å²) in [5.41, 5.74) is 0. The van der Waals surface area contributed by atoms with Gasteiger partial charge in [-0.1, -0.05) is 32.6 Å². The normalized spacial score (nSPS) is 26.6. The maximum Gasteiger partial charge on any atom is 0.412 e. The SMILES string of the molecule is CCCC1CCC(C2CCC(C(F)(F)Oc3cc(F)c(OC=CC(F)(F)F)c(F)c3)CC2)CC1. The average molecular weight is 497 g/mol. The molecule has 0 heterocycles. The maximum absolute atomic E-state index is 14.8. The van der Waals surface area contributed by atoms with Crippen molar-refractivity contribution < 1.29 is 40.2 Å². The Morgan fingerprint density at radius 1 is 0.853 bits per heavy atom. The topological polar surface area (TPSA) is 18.5 Å². The van der Waals surface area contributed by atoms with E-state index in [1.54, 1.807) is 0 Å². The number of halogens is 7. The lowest BCUT2D eigenvalue weighted by Crippen LogP contribution is -2.38. The molecule has 2 saturated carbocycles. The van der Waals surface area contributed by atoms with Crippen LogP contribution in [0.25, 0.3) is 0 Å². The van der Waals surface area contributed by atoms with E-state index in [1.165, 1.54) is 25.7 Å². The first-order valence-corrected chi connectivity index (χ1v) is 12.0. The Balaban J connectivity index is 1.54. The van der Waals surface area contributed by atoms with E-state index in [4.69, 9.17) is 0 Å². The summed E-state index contributed by atoms with van der Waals surface area (Å²) in [5.74, 6) is -4.06. The van der Waals surface area contributed by atoms with Crippen LogP contribution in [-0.4, -0.2) is 12.3 Å². The lowest BCUT2D eigenvalue weighted by Gasteiger charge is -2.39. The molecule has 192 valence electrons. The first-order chi connectivity index (χ1) is 16.0. The molecule has 0 unspecified atom stereocenters. The van der Waals surface area contributed by atoms with Gasteiger partial charge in [0.1, 0.15) is 5.75 Å². The minimum atomic E-state index is -4.73. The van der Waals surface area contributed by atoms with Gasteiger partial charge in [0, 0.05) is 12.1 Å². The Morgan fingerprint density at radius 2 is 1.38 bits per heavy atom. The van der Waals surface area contributed by atoms with Crippen LogP contribution in [0.5, 0.6) is 11.5 Å². The van der Waals surface area contributed by atoms with Crippen LogP contribution in [0.2, 0.25) is 0 Å². The predicted octanol–water partition coefficient (Wildman–Crippen LogP) is 8.80. The lowest BCUT2D eigenvalue weighted by atomic mass is 9.68. The molecule has 2 nitrogen and oxygen atoms in total. The third kappa shape index (κ3) is 7.28. The molecule has 0 aromatic heterocycles. The minimum absolute atomic E-state index is 0.0747. The van der Waals surface area contributed by atoms with Crippen LogP contribution < -0.4 is 9.47 Å². The van der Waals surface area contributed by atoms with Gasteiger partial charge in [-0.05, 0) is 56.3 Å². The molecule has 2 aliphatic carbocycles. The molecule has 9 heteroatoms. The monoisotopic (exact) mass is 496 g/mol. The third-order valence-electron chi connectivity index (χ3n) is 7.17. The highest BCUT2D eigenvalue weighted by Gasteiger charge is 2.45. The van der Waals surface area contributed by atoms with Gasteiger partial charge in [0.25, 0.3) is 0 Å². The van der Waals surface area contributed by atoms with Gasteiger partial charge >= 0.3 is 12.3 Å². The average Bonchev–Trinajstić information content (AvgIpc) is 2.75. The molecule has 0 radical (unpaired) electrons. The van der Waals surface area contributed by atoms with Crippen LogP contribution in [0.4, 0.5) is 30.7 Å². The number of ether oxygens (including phenoxy) is 2. The van der Waals surface area contributed by atoms with Crippen molar-refractivity contribution in [2.75, 3.05) is 0 Å². The number of hydrogen-bond donors (Lipinski definition) is 0. The second-order valence-electron chi connectivity index (χ2n) is 9.52. The zero-order chi connectivity index (χ0) is 24.9. The van der Waals surface area contributed by atoms with E-state index in [1.807, 2.05) is 0 Å². The molecule has 34 heavy (non-hydrogen) atoms. The number of alkyl halides is 5. The van der Waals surface area contributed by atoms with Crippen molar-refractivity contribution in [3.05, 3.63) is 36.1 Å². The minimum Gasteiger partial charge on any atom is -0.459 e. The van der Waals surface area contributed by atoms with E-state index in [0.717, 1.165) is 18.8 Å². The molecule has 0 aliphatic heterocycles. The molecular weight excluding hydrogens is 465 g/mol. The standard InChI is InChI=1S/C25H31F7O2/c1-2-3-16-4-6-17(7-5-16)18-8-10-19(11-9-18)25(31,32)34-20-14-21(26)23(22(27)15-20)33-13-12-24(28,29)30/h12-19H,2-11H2,1H3. The van der Waals surface area contributed by atoms with Crippen molar-refractivity contribution in [3.63, 3.8) is 0 Å². The fraction of sp³-hybridized carbons (Fsp3) is 0.680. The van der Waals surface area contributed by atoms with Gasteiger partial charge in [-0.25, -0.2) is 8.78 Å². The van der Waals surface area contributed by atoms with Gasteiger partial charge in [-0.15, -0.1) is 0 Å². The van der Waals surface area contributed by atoms with Crippen molar-refractivity contribution in [2.45, 2.75) is 83.4 Å². The molecule has 1 aromatic carbocycles. The largest absolute Gasteiger partial charge is 0.459 e. The maximum atomic E-state index is 14.8. The summed E-state index contributed by atoms with van der Waals surface area (Å²) in [5, 5.41) is 0. The van der Waals surface area contributed by atoms with Crippen molar-refractivity contribution in [3.8, 4) is 11.5 Å². The second-order valence-corrected chi connectivity index (χ2v) is 9.52. The molecule has 3 rings (SSSR count). The smallest absolute Gasteiger partial charge is 0.412 e. The van der Waals surface area contributed by atoms with Crippen molar-refractivity contribution in [1.29, 1.82) is 0 Å². The molecule has 1 aromatic rings. The van der Waals surface area contributed by atoms with Crippen LogP contribution >= 0.6 is 0 Å². The first-order valence-electron chi connectivity index (χ1n) is 12.0. The molecule has 0 saturated heterocycles. The van der Waals surface area contributed by atoms with Gasteiger partial charge < -0.3 is 9.47 Å². The molecule has 0 bridgehead atoms. The van der Waals surface area contributed by atoms with E-state index in [9.17, 15) is 30.7 Å². The summed E-state index contributed by atoms with van der Waals surface area (Å²) < 4.78 is 103. The number of benzene rings is 1. The molecule has 2 fully saturated rings. The Hall–Kier alpha value is -1.93. The predicted molar refractivity (Wildman–Crippen MR) is 114 cm³/mol. The van der Waals surface area contributed by atoms with Gasteiger partial charge in [-0.3, -0.25) is 0 Å². The summed E-state index contributed by atoms with van der Waals surface area (Å²) >= 11 is 0. The van der Waals surface area contributed by atoms with Crippen molar-refractivity contribution in [1.82, 2.24) is 0 Å². The summed E-state index contributed by atoms with van der Waals surface area (Å²) in [6.45, 7) is 2.19. The Labute approximate surface area is 195 Å². The fourth-order valence-corrected chi connectivity index (χ4v) is 5.41. The summed E-state index contributed by atoms with van der Waals surface area (Å²) in [7, 11) is 0. The van der Waals surface area contributed by atoms with E-state index in [-0.39, 0.29) is 25.2 Å². The van der Waals surface area contributed by atoms with E-state index < -0.39 is 41.3 Å². The van der Waals surface area contributed by atoms with Gasteiger partial charge in [0.15, 0.2) is 17.4 Å². The molecule has 0 N–H and O–H groups in total. The second kappa shape index (κ2) is 11.2. The van der Waals surface area contributed by atoms with Crippen LogP contribution in [0.1, 0.15) is 71.1 Å². The zero-order valence-electron chi connectivity index (χ0n) is 19.2. The van der Waals surface area contributed by atoms with Crippen LogP contribution in [-0.2, 0) is 0 Å². The van der Waals surface area contributed by atoms with Gasteiger partial charge in [0.05, 0.1) is 18.3 Å². The van der Waals surface area contributed by atoms with E-state index in [2.05, 4.69) is 16.4 Å². The van der Waals surface area contributed by atoms with E-state index in [0.29, 0.717) is 36.8 Å². The summed E-state index contributed by atoms with van der Waals surface area (Å²) in [6, 6.07) is 0.961. The molecular formula is C25H31F7O2. The Morgan fingerprint density at radius 3 is 1.88 bits per heavy atom. The quantitative estimate of drug-likeness (QED) is 0.264. The Kier molecular flexibility index (Phi) is 8.79. The molecule has 0 spiro atoms. The van der Waals surface area contributed by atoms with Crippen molar-refractivity contribution in [2.24, 2.45) is 23.7 Å². The fourth-order valence-electron chi connectivity index (χ4n) is 5.41. The van der Waals surface area contributed by atoms with Crippen LogP contribution in [0, 0.1) is 35.3 Å². The van der Waals surface area contributed by atoms with Gasteiger partial charge in [-0.2, -0.15) is 22.0 Å². The first kappa shape index (κ1) is 26.7. The zero-order valence-corrected chi connectivity index (χ0v) is 19.2. The molecule has 0 atom stereocenters. The van der Waals surface area contributed by atoms with Crippen molar-refractivity contribution >= 4 is 0 Å². The summed E-state index contributed by atoms with van der Waals surface area (Å²) in [6.07, 6.45) is 0.409. The van der Waals surface area contributed by atoms with E-state index >= 15 is 0 Å². The number of allylic oxidation sites excluding steroid dienone is 1. The lowest BCUT2D eigenvalue weighted by molar-refractivity contribution is -0.224. The Bertz CT molecular complexity index is 798. The highest BCUT2D eigenvalue weighted by atomic mass is 19.4. The summed E-state index contributed by atoms with van der Waals surface area (Å²) in [4.78, 5) is 0.